The molecule has 8 nitrogen and oxygen atoms in total. The van der Waals surface area contributed by atoms with E-state index in [1.807, 2.05) is 31.4 Å². The average molecular weight is 388 g/mol. The van der Waals surface area contributed by atoms with Gasteiger partial charge >= 0.3 is 0 Å². The zero-order valence-corrected chi connectivity index (χ0v) is 16.9. The van der Waals surface area contributed by atoms with Crippen LogP contribution in [-0.4, -0.2) is 34.3 Å². The SMILES string of the molecule is CC(C)C1(Cc2nnc3cc(-c4ccnc(Nc5ccnn5C)n4)ccn23)CC1. The zero-order chi connectivity index (χ0) is 20.0. The second kappa shape index (κ2) is 6.65. The molecule has 0 saturated heterocycles. The number of nitrogens with one attached hydrogen (secondary N) is 1. The van der Waals surface area contributed by atoms with E-state index < -0.39 is 0 Å². The first-order valence-electron chi connectivity index (χ1n) is 9.96. The van der Waals surface area contributed by atoms with E-state index in [0.717, 1.165) is 35.0 Å². The van der Waals surface area contributed by atoms with Crippen molar-refractivity contribution in [1.82, 2.24) is 34.3 Å². The Morgan fingerprint density at radius 3 is 2.72 bits per heavy atom. The minimum atomic E-state index is 0.403. The van der Waals surface area contributed by atoms with Crippen LogP contribution in [0.2, 0.25) is 0 Å². The second-order valence-electron chi connectivity index (χ2n) is 8.18. The summed E-state index contributed by atoms with van der Waals surface area (Å²) in [7, 11) is 1.87. The molecule has 0 unspecified atom stereocenters. The van der Waals surface area contributed by atoms with Gasteiger partial charge < -0.3 is 5.32 Å². The molecule has 8 heteroatoms. The third kappa shape index (κ3) is 3.24. The highest BCUT2D eigenvalue weighted by atomic mass is 15.3. The number of nitrogens with zero attached hydrogens (tertiary/aromatic N) is 7. The highest BCUT2D eigenvalue weighted by molar-refractivity contribution is 5.65. The summed E-state index contributed by atoms with van der Waals surface area (Å²) in [6.45, 7) is 4.61. The Bertz CT molecular complexity index is 1170. The Hall–Kier alpha value is -3.29. The van der Waals surface area contributed by atoms with E-state index in [0.29, 0.717) is 17.3 Å². The van der Waals surface area contributed by atoms with Gasteiger partial charge in [0, 0.05) is 37.5 Å². The summed E-state index contributed by atoms with van der Waals surface area (Å²) in [5.41, 5.74) is 3.06. The first-order valence-corrected chi connectivity index (χ1v) is 9.96. The van der Waals surface area contributed by atoms with Gasteiger partial charge in [-0.25, -0.2) is 9.97 Å². The molecule has 0 atom stereocenters. The molecule has 1 aliphatic carbocycles. The quantitative estimate of drug-likeness (QED) is 0.543. The van der Waals surface area contributed by atoms with Gasteiger partial charge in [0.1, 0.15) is 11.6 Å². The Kier molecular flexibility index (Phi) is 4.08. The van der Waals surface area contributed by atoms with Crippen LogP contribution in [0.25, 0.3) is 16.9 Å². The molecule has 1 aliphatic rings. The number of fused-ring (bicyclic) bond motifs is 1. The standard InChI is InChI=1S/C21H24N8/c1-14(2)21(7-8-21)13-19-27-26-18-12-15(6-11-29(18)19)16-4-9-22-20(24-16)25-17-5-10-23-28(17)3/h4-6,9-12,14H,7-8,13H2,1-3H3,(H,22,24,25). The summed E-state index contributed by atoms with van der Waals surface area (Å²) in [6, 6.07) is 7.87. The number of hydrogen-bond donors (Lipinski definition) is 1. The maximum Gasteiger partial charge on any atom is 0.228 e. The number of aromatic nitrogens is 7. The number of pyridine rings is 1. The molecule has 0 aliphatic heterocycles. The predicted octanol–water partition coefficient (Wildman–Crippen LogP) is 3.64. The largest absolute Gasteiger partial charge is 0.309 e. The molecule has 4 aromatic rings. The Labute approximate surface area is 169 Å². The summed E-state index contributed by atoms with van der Waals surface area (Å²) in [4.78, 5) is 8.96. The third-order valence-corrected chi connectivity index (χ3v) is 6.12. The summed E-state index contributed by atoms with van der Waals surface area (Å²) < 4.78 is 3.84. The van der Waals surface area contributed by atoms with Gasteiger partial charge in [0.25, 0.3) is 0 Å². The molecule has 0 amide bonds. The number of aryl methyl sites for hydroxylation is 1. The molecule has 5 rings (SSSR count). The van der Waals surface area contributed by atoms with Crippen molar-refractivity contribution in [3.8, 4) is 11.3 Å². The smallest absolute Gasteiger partial charge is 0.228 e. The van der Waals surface area contributed by atoms with E-state index in [9.17, 15) is 0 Å². The van der Waals surface area contributed by atoms with E-state index in [-0.39, 0.29) is 0 Å². The van der Waals surface area contributed by atoms with Crippen LogP contribution in [-0.2, 0) is 13.5 Å². The molecule has 0 radical (unpaired) electrons. The van der Waals surface area contributed by atoms with Gasteiger partial charge in [0.15, 0.2) is 5.65 Å². The maximum atomic E-state index is 4.64. The first kappa shape index (κ1) is 17.8. The monoisotopic (exact) mass is 388 g/mol. The molecular weight excluding hydrogens is 364 g/mol. The van der Waals surface area contributed by atoms with E-state index in [1.54, 1.807) is 17.1 Å². The van der Waals surface area contributed by atoms with Crippen LogP contribution in [0, 0.1) is 11.3 Å². The molecule has 0 aromatic carbocycles. The van der Waals surface area contributed by atoms with Crippen molar-refractivity contribution < 1.29 is 0 Å². The van der Waals surface area contributed by atoms with Crippen LogP contribution >= 0.6 is 0 Å². The Balaban J connectivity index is 1.42. The van der Waals surface area contributed by atoms with E-state index in [4.69, 9.17) is 0 Å². The van der Waals surface area contributed by atoms with Gasteiger partial charge in [-0.05, 0) is 42.4 Å². The summed E-state index contributed by atoms with van der Waals surface area (Å²) in [6.07, 6.45) is 9.08. The molecular formula is C21H24N8. The van der Waals surface area contributed by atoms with Gasteiger partial charge in [0.05, 0.1) is 11.9 Å². The molecule has 29 heavy (non-hydrogen) atoms. The molecule has 4 aromatic heterocycles. The van der Waals surface area contributed by atoms with Crippen LogP contribution in [0.15, 0.2) is 42.9 Å². The first-order chi connectivity index (χ1) is 14.0. The van der Waals surface area contributed by atoms with Gasteiger partial charge in [-0.3, -0.25) is 9.08 Å². The molecule has 1 N–H and O–H groups in total. The summed E-state index contributed by atoms with van der Waals surface area (Å²) >= 11 is 0. The lowest BCUT2D eigenvalue weighted by atomic mass is 9.89. The number of rotatable bonds is 6. The highest BCUT2D eigenvalue weighted by Gasteiger charge is 2.46. The van der Waals surface area contributed by atoms with Crippen molar-refractivity contribution in [2.45, 2.75) is 33.1 Å². The van der Waals surface area contributed by atoms with Gasteiger partial charge in [-0.2, -0.15) is 5.10 Å². The van der Waals surface area contributed by atoms with Crippen molar-refractivity contribution in [2.75, 3.05) is 5.32 Å². The van der Waals surface area contributed by atoms with Crippen molar-refractivity contribution in [3.63, 3.8) is 0 Å². The lowest BCUT2D eigenvalue weighted by Crippen LogP contribution is -2.14. The van der Waals surface area contributed by atoms with Crippen LogP contribution in [0.5, 0.6) is 0 Å². The van der Waals surface area contributed by atoms with Crippen molar-refractivity contribution in [3.05, 3.63) is 48.7 Å². The predicted molar refractivity (Wildman–Crippen MR) is 111 cm³/mol. The Morgan fingerprint density at radius 2 is 2.00 bits per heavy atom. The lowest BCUT2D eigenvalue weighted by molar-refractivity contribution is 0.349. The van der Waals surface area contributed by atoms with Gasteiger partial charge in [-0.1, -0.05) is 13.8 Å². The van der Waals surface area contributed by atoms with Gasteiger partial charge in [0.2, 0.25) is 5.95 Å². The molecule has 0 spiro atoms. The fourth-order valence-electron chi connectivity index (χ4n) is 3.84. The molecule has 148 valence electrons. The van der Waals surface area contributed by atoms with E-state index >= 15 is 0 Å². The average Bonchev–Trinajstić information content (AvgIpc) is 3.25. The summed E-state index contributed by atoms with van der Waals surface area (Å²) in [5, 5.41) is 16.2. The maximum absolute atomic E-state index is 4.64. The minimum Gasteiger partial charge on any atom is -0.309 e. The zero-order valence-electron chi connectivity index (χ0n) is 16.9. The fraction of sp³-hybridized carbons (Fsp3) is 0.381. The van der Waals surface area contributed by atoms with Crippen molar-refractivity contribution in [2.24, 2.45) is 18.4 Å². The van der Waals surface area contributed by atoms with Crippen LogP contribution in [0.1, 0.15) is 32.5 Å². The normalized spacial score (nSPS) is 15.2. The van der Waals surface area contributed by atoms with Crippen LogP contribution in [0.4, 0.5) is 11.8 Å². The lowest BCUT2D eigenvalue weighted by Gasteiger charge is -2.18. The Morgan fingerprint density at radius 1 is 1.14 bits per heavy atom. The molecule has 4 heterocycles. The van der Waals surface area contributed by atoms with Crippen molar-refractivity contribution >= 4 is 17.4 Å². The second-order valence-corrected chi connectivity index (χ2v) is 8.18. The third-order valence-electron chi connectivity index (χ3n) is 6.12. The van der Waals surface area contributed by atoms with E-state index in [1.165, 1.54) is 12.8 Å². The molecule has 1 saturated carbocycles. The minimum absolute atomic E-state index is 0.403. The number of anilines is 2. The van der Waals surface area contributed by atoms with Crippen molar-refractivity contribution in [1.29, 1.82) is 0 Å². The van der Waals surface area contributed by atoms with Crippen LogP contribution in [0.3, 0.4) is 0 Å². The highest BCUT2D eigenvalue weighted by Crippen LogP contribution is 2.53. The molecule has 1 fully saturated rings. The van der Waals surface area contributed by atoms with Crippen LogP contribution < -0.4 is 5.32 Å². The topological polar surface area (TPSA) is 85.8 Å². The fourth-order valence-corrected chi connectivity index (χ4v) is 3.84. The van der Waals surface area contributed by atoms with Gasteiger partial charge in [-0.15, -0.1) is 10.2 Å². The van der Waals surface area contributed by atoms with E-state index in [2.05, 4.69) is 54.9 Å². The number of hydrogen-bond acceptors (Lipinski definition) is 6. The molecule has 0 bridgehead atoms. The summed E-state index contributed by atoms with van der Waals surface area (Å²) in [5.74, 6) is 3.07.